The summed E-state index contributed by atoms with van der Waals surface area (Å²) in [5.74, 6) is -0.611. The van der Waals surface area contributed by atoms with E-state index in [9.17, 15) is 13.2 Å². The molecule has 1 heterocycles. The Kier molecular flexibility index (Phi) is 3.37. The van der Waals surface area contributed by atoms with E-state index in [-0.39, 0.29) is 5.88 Å². The fourth-order valence-corrected chi connectivity index (χ4v) is 0.997. The number of hydrogen-bond acceptors (Lipinski definition) is 3. The lowest BCUT2D eigenvalue weighted by Crippen LogP contribution is -2.18. The van der Waals surface area contributed by atoms with E-state index in [0.717, 1.165) is 6.07 Å². The van der Waals surface area contributed by atoms with Crippen LogP contribution in [0.15, 0.2) is 12.1 Å². The predicted octanol–water partition coefficient (Wildman–Crippen LogP) is 2.59. The van der Waals surface area contributed by atoms with Gasteiger partial charge in [0.15, 0.2) is 11.4 Å². The van der Waals surface area contributed by atoms with Crippen LogP contribution in [-0.4, -0.2) is 11.3 Å². The zero-order valence-electron chi connectivity index (χ0n) is 7.18. The highest BCUT2D eigenvalue weighted by molar-refractivity contribution is 6.16. The molecule has 1 aromatic heterocycles. The minimum atomic E-state index is -4.84. The van der Waals surface area contributed by atoms with E-state index in [1.54, 1.807) is 0 Å². The number of nitrogens with zero attached hydrogens (tertiary/aromatic N) is 2. The molecule has 0 saturated carbocycles. The van der Waals surface area contributed by atoms with E-state index in [2.05, 4.69) is 9.72 Å². The van der Waals surface area contributed by atoms with Crippen molar-refractivity contribution in [1.29, 1.82) is 5.26 Å². The van der Waals surface area contributed by atoms with Gasteiger partial charge in [0, 0.05) is 0 Å². The maximum Gasteiger partial charge on any atom is 0.573 e. The maximum absolute atomic E-state index is 11.9. The number of aromatic nitrogens is 1. The van der Waals surface area contributed by atoms with Crippen molar-refractivity contribution in [3.63, 3.8) is 0 Å². The van der Waals surface area contributed by atoms with Crippen molar-refractivity contribution in [1.82, 2.24) is 4.98 Å². The van der Waals surface area contributed by atoms with Gasteiger partial charge in [-0.25, -0.2) is 4.98 Å². The van der Waals surface area contributed by atoms with Gasteiger partial charge in [0.25, 0.3) is 0 Å². The van der Waals surface area contributed by atoms with Crippen LogP contribution in [0.4, 0.5) is 13.2 Å². The molecule has 0 aromatic carbocycles. The zero-order valence-corrected chi connectivity index (χ0v) is 7.93. The molecule has 3 nitrogen and oxygen atoms in total. The molecule has 0 spiro atoms. The summed E-state index contributed by atoms with van der Waals surface area (Å²) in [6.45, 7) is 0. The Morgan fingerprint density at radius 1 is 1.47 bits per heavy atom. The lowest BCUT2D eigenvalue weighted by atomic mass is 10.3. The Balaban J connectivity index is 3.04. The van der Waals surface area contributed by atoms with Crippen molar-refractivity contribution in [3.8, 4) is 11.8 Å². The highest BCUT2D eigenvalue weighted by Crippen LogP contribution is 2.25. The predicted molar refractivity (Wildman–Crippen MR) is 45.2 cm³/mol. The van der Waals surface area contributed by atoms with Gasteiger partial charge in [0.05, 0.1) is 11.6 Å². The molecule has 0 unspecified atom stereocenters. The molecule has 0 N–H and O–H groups in total. The van der Waals surface area contributed by atoms with Gasteiger partial charge in [-0.2, -0.15) is 5.26 Å². The van der Waals surface area contributed by atoms with Crippen LogP contribution >= 0.6 is 11.6 Å². The minimum absolute atomic E-state index is 0.0149. The summed E-state index contributed by atoms with van der Waals surface area (Å²) in [7, 11) is 0. The summed E-state index contributed by atoms with van der Waals surface area (Å²) in [4.78, 5) is 3.58. The highest BCUT2D eigenvalue weighted by atomic mass is 35.5. The Bertz CT molecular complexity index is 400. The first-order valence-corrected chi connectivity index (χ1v) is 4.21. The Morgan fingerprint density at radius 2 is 2.13 bits per heavy atom. The third-order valence-electron chi connectivity index (χ3n) is 1.38. The molecule has 0 radical (unpaired) electrons. The van der Waals surface area contributed by atoms with Crippen LogP contribution in [0, 0.1) is 11.3 Å². The van der Waals surface area contributed by atoms with Gasteiger partial charge in [-0.05, 0) is 12.1 Å². The Hall–Kier alpha value is -1.48. The first kappa shape index (κ1) is 11.6. The van der Waals surface area contributed by atoms with Gasteiger partial charge in [0.2, 0.25) is 0 Å². The molecule has 15 heavy (non-hydrogen) atoms. The third kappa shape index (κ3) is 3.29. The molecule has 7 heteroatoms. The van der Waals surface area contributed by atoms with Gasteiger partial charge in [0.1, 0.15) is 6.07 Å². The van der Waals surface area contributed by atoms with Gasteiger partial charge < -0.3 is 4.74 Å². The fraction of sp³-hybridized carbons (Fsp3) is 0.250. The number of pyridine rings is 1. The molecule has 1 aromatic rings. The van der Waals surface area contributed by atoms with Gasteiger partial charge in [-0.3, -0.25) is 0 Å². The summed E-state index contributed by atoms with van der Waals surface area (Å²) in [6.07, 6.45) is -4.84. The topological polar surface area (TPSA) is 45.9 Å². The van der Waals surface area contributed by atoms with E-state index in [0.29, 0.717) is 5.69 Å². The molecular formula is C8H4ClF3N2O. The van der Waals surface area contributed by atoms with E-state index in [1.165, 1.54) is 12.1 Å². The summed E-state index contributed by atoms with van der Waals surface area (Å²) in [5.41, 5.74) is -0.131. The van der Waals surface area contributed by atoms with Crippen molar-refractivity contribution in [2.75, 3.05) is 0 Å². The first-order valence-electron chi connectivity index (χ1n) is 3.68. The number of rotatable bonds is 2. The van der Waals surface area contributed by atoms with Gasteiger partial charge >= 0.3 is 6.36 Å². The maximum atomic E-state index is 11.9. The van der Waals surface area contributed by atoms with Crippen LogP contribution in [-0.2, 0) is 5.88 Å². The molecule has 0 atom stereocenters. The molecule has 0 aliphatic carbocycles. The van der Waals surface area contributed by atoms with Crippen LogP contribution in [0.2, 0.25) is 0 Å². The van der Waals surface area contributed by atoms with Crippen LogP contribution in [0.3, 0.4) is 0 Å². The molecule has 80 valence electrons. The van der Waals surface area contributed by atoms with Crippen LogP contribution in [0.25, 0.3) is 0 Å². The lowest BCUT2D eigenvalue weighted by Gasteiger charge is -2.09. The second-order valence-corrected chi connectivity index (χ2v) is 2.71. The smallest absolute Gasteiger partial charge is 0.403 e. The highest BCUT2D eigenvalue weighted by Gasteiger charge is 2.32. The van der Waals surface area contributed by atoms with E-state index in [1.807, 2.05) is 0 Å². The molecule has 0 amide bonds. The molecule has 0 bridgehead atoms. The number of alkyl halides is 4. The zero-order chi connectivity index (χ0) is 11.5. The lowest BCUT2D eigenvalue weighted by molar-refractivity contribution is -0.274. The molecular weight excluding hydrogens is 233 g/mol. The first-order chi connectivity index (χ1) is 6.96. The Morgan fingerprint density at radius 3 is 2.60 bits per heavy atom. The molecule has 0 fully saturated rings. The van der Waals surface area contributed by atoms with Crippen LogP contribution < -0.4 is 4.74 Å². The number of ether oxygens (including phenoxy) is 1. The molecule has 0 saturated heterocycles. The summed E-state index contributed by atoms with van der Waals surface area (Å²) < 4.78 is 39.2. The fourth-order valence-electron chi connectivity index (χ4n) is 0.848. The van der Waals surface area contributed by atoms with Gasteiger partial charge in [-0.15, -0.1) is 24.8 Å². The molecule has 0 aliphatic rings. The number of nitriles is 1. The van der Waals surface area contributed by atoms with Crippen molar-refractivity contribution in [2.45, 2.75) is 12.2 Å². The monoisotopic (exact) mass is 236 g/mol. The standard InChI is InChI=1S/C8H4ClF3N2O/c9-3-5-1-2-7(6(4-13)14-5)15-8(10,11)12/h1-2H,3H2. The number of hydrogen-bond donors (Lipinski definition) is 0. The van der Waals surface area contributed by atoms with Crippen LogP contribution in [0.5, 0.6) is 5.75 Å². The van der Waals surface area contributed by atoms with Crippen molar-refractivity contribution >= 4 is 11.6 Å². The van der Waals surface area contributed by atoms with Gasteiger partial charge in [-0.1, -0.05) is 0 Å². The van der Waals surface area contributed by atoms with Crippen molar-refractivity contribution in [2.24, 2.45) is 0 Å². The third-order valence-corrected chi connectivity index (χ3v) is 1.66. The van der Waals surface area contributed by atoms with E-state index >= 15 is 0 Å². The van der Waals surface area contributed by atoms with Crippen molar-refractivity contribution in [3.05, 3.63) is 23.5 Å². The molecule has 1 rings (SSSR count). The molecule has 0 aliphatic heterocycles. The summed E-state index contributed by atoms with van der Waals surface area (Å²) in [6, 6.07) is 3.77. The second kappa shape index (κ2) is 4.36. The number of halogens is 4. The summed E-state index contributed by atoms with van der Waals surface area (Å²) in [5, 5.41) is 8.53. The van der Waals surface area contributed by atoms with Crippen LogP contribution in [0.1, 0.15) is 11.4 Å². The van der Waals surface area contributed by atoms with Crippen molar-refractivity contribution < 1.29 is 17.9 Å². The minimum Gasteiger partial charge on any atom is -0.403 e. The largest absolute Gasteiger partial charge is 0.573 e. The average molecular weight is 237 g/mol. The summed E-state index contributed by atoms with van der Waals surface area (Å²) >= 11 is 5.41. The SMILES string of the molecule is N#Cc1nc(CCl)ccc1OC(F)(F)F. The average Bonchev–Trinajstić information content (AvgIpc) is 2.16. The Labute approximate surface area is 88.1 Å². The van der Waals surface area contributed by atoms with E-state index < -0.39 is 17.8 Å². The normalized spacial score (nSPS) is 10.9. The van der Waals surface area contributed by atoms with E-state index in [4.69, 9.17) is 16.9 Å². The second-order valence-electron chi connectivity index (χ2n) is 2.44. The quantitative estimate of drug-likeness (QED) is 0.742.